The van der Waals surface area contributed by atoms with Crippen LogP contribution in [0.4, 0.5) is 52.0 Å². The van der Waals surface area contributed by atoms with Gasteiger partial charge in [-0.1, -0.05) is 68.3 Å². The molecule has 6 aromatic rings. The number of benzene rings is 5. The molecule has 1 atom stereocenters. The van der Waals surface area contributed by atoms with Crippen molar-refractivity contribution in [1.29, 1.82) is 0 Å². The highest BCUT2D eigenvalue weighted by Gasteiger charge is 2.27. The van der Waals surface area contributed by atoms with Crippen molar-refractivity contribution in [1.82, 2.24) is 15.0 Å². The van der Waals surface area contributed by atoms with Crippen LogP contribution >= 0.6 is 31.9 Å². The normalized spacial score (nSPS) is 12.6. The van der Waals surface area contributed by atoms with Crippen molar-refractivity contribution in [3.8, 4) is 5.75 Å². The van der Waals surface area contributed by atoms with Crippen molar-refractivity contribution in [3.63, 3.8) is 0 Å². The van der Waals surface area contributed by atoms with E-state index in [1.165, 1.54) is 0 Å². The number of halogens is 2. The Balaban J connectivity index is 1.60. The van der Waals surface area contributed by atoms with Crippen LogP contribution in [0.3, 0.4) is 0 Å². The molecule has 25 heteroatoms. The first kappa shape index (κ1) is 46.8. The summed E-state index contributed by atoms with van der Waals surface area (Å²) in [5.41, 5.74) is -0.610. The van der Waals surface area contributed by atoms with Crippen LogP contribution in [-0.4, -0.2) is 88.1 Å². The number of rotatable bonds is 16. The van der Waals surface area contributed by atoms with Gasteiger partial charge in [0.25, 0.3) is 30.4 Å². The van der Waals surface area contributed by atoms with Gasteiger partial charge in [0.05, 0.1) is 10.6 Å². The van der Waals surface area contributed by atoms with E-state index in [1.54, 1.807) is 9.80 Å². The molecular weight excluding hydrogens is 1010 g/mol. The third-order valence-electron chi connectivity index (χ3n) is 8.99. The Labute approximate surface area is 377 Å². The van der Waals surface area contributed by atoms with E-state index in [0.717, 1.165) is 36.4 Å². The minimum atomic E-state index is -5.36. The van der Waals surface area contributed by atoms with Crippen molar-refractivity contribution in [3.05, 3.63) is 97.1 Å². The molecule has 5 aromatic carbocycles. The molecule has 0 saturated carbocycles. The lowest BCUT2D eigenvalue weighted by Crippen LogP contribution is -2.24. The first-order valence-electron chi connectivity index (χ1n) is 18.2. The lowest BCUT2D eigenvalue weighted by molar-refractivity contribution is -0.115. The highest BCUT2D eigenvalue weighted by Crippen LogP contribution is 2.46. The number of phenols is 1. The van der Waals surface area contributed by atoms with E-state index < -0.39 is 72.9 Å². The van der Waals surface area contributed by atoms with E-state index in [2.05, 4.69) is 62.7 Å². The van der Waals surface area contributed by atoms with Gasteiger partial charge in [-0.3, -0.25) is 18.5 Å². The maximum atomic E-state index is 12.8. The zero-order valence-corrected chi connectivity index (χ0v) is 38.3. The number of amides is 1. The Morgan fingerprint density at radius 2 is 1.29 bits per heavy atom. The number of hydrogen-bond donors (Lipinski definition) is 6. The summed E-state index contributed by atoms with van der Waals surface area (Å²) in [5, 5.41) is 24.3. The highest BCUT2D eigenvalue weighted by atomic mass is 79.9. The summed E-state index contributed by atoms with van der Waals surface area (Å²) in [4.78, 5) is 26.6. The summed E-state index contributed by atoms with van der Waals surface area (Å²) in [6.07, 6.45) is 0. The van der Waals surface area contributed by atoms with E-state index >= 15 is 0 Å². The fourth-order valence-electron chi connectivity index (χ4n) is 6.15. The summed E-state index contributed by atoms with van der Waals surface area (Å²) in [6.45, 7) is 4.44. The van der Waals surface area contributed by atoms with E-state index in [0.29, 0.717) is 24.5 Å². The molecule has 1 unspecified atom stereocenters. The van der Waals surface area contributed by atoms with Crippen LogP contribution in [0.1, 0.15) is 13.8 Å². The summed E-state index contributed by atoms with van der Waals surface area (Å²) >= 11 is 6.30. The lowest BCUT2D eigenvalue weighted by Gasteiger charge is -2.25. The third-order valence-corrected chi connectivity index (χ3v) is 13.8. The first-order valence-corrected chi connectivity index (χ1v) is 24.6. The fourth-order valence-corrected chi connectivity index (χ4v) is 8.37. The SMILES string of the molecule is CCN(c1ccccc1)c1nc(Nc2cc(S(=O)(=O)O)cc3cc(S(=O)(=O)O)c(N=Nc4cc(NC(=O)C(Br)CBr)ccc4S(=O)(=O)O)c(O)c23)nc(N(CC)c2ccccc2)n1. The molecule has 0 fully saturated rings. The van der Waals surface area contributed by atoms with Crippen LogP contribution < -0.4 is 20.4 Å². The molecule has 1 heterocycles. The van der Waals surface area contributed by atoms with Crippen LogP contribution in [0.25, 0.3) is 10.8 Å². The van der Waals surface area contributed by atoms with Gasteiger partial charge < -0.3 is 25.5 Å². The molecule has 0 aliphatic rings. The second-order valence-corrected chi connectivity index (χ2v) is 19.1. The maximum Gasteiger partial charge on any atom is 0.296 e. The van der Waals surface area contributed by atoms with E-state index in [4.69, 9.17) is 4.98 Å². The Bertz CT molecular complexity index is 3020. The quantitative estimate of drug-likeness (QED) is 0.0303. The van der Waals surface area contributed by atoms with Gasteiger partial charge in [-0.2, -0.15) is 40.2 Å². The zero-order chi connectivity index (χ0) is 45.9. The van der Waals surface area contributed by atoms with Gasteiger partial charge >= 0.3 is 0 Å². The Morgan fingerprint density at radius 1 is 0.730 bits per heavy atom. The number of nitrogens with zero attached hydrogens (tertiary/aromatic N) is 7. The largest absolute Gasteiger partial charge is 0.505 e. The molecule has 1 amide bonds. The number of aromatic hydroxyl groups is 1. The van der Waals surface area contributed by atoms with Crippen molar-refractivity contribution >= 4 is 131 Å². The minimum Gasteiger partial charge on any atom is -0.505 e. The monoisotopic (exact) mass is 1050 g/mol. The average Bonchev–Trinajstić information content (AvgIpc) is 3.23. The van der Waals surface area contributed by atoms with Crippen LogP contribution in [0.5, 0.6) is 5.75 Å². The number of para-hydroxylation sites is 2. The number of fused-ring (bicyclic) bond motifs is 1. The van der Waals surface area contributed by atoms with Gasteiger partial charge in [-0.15, -0.1) is 10.2 Å². The molecule has 0 saturated heterocycles. The Morgan fingerprint density at radius 3 is 1.78 bits per heavy atom. The highest BCUT2D eigenvalue weighted by molar-refractivity contribution is 9.12. The second-order valence-electron chi connectivity index (χ2n) is 13.1. The summed E-state index contributed by atoms with van der Waals surface area (Å²) < 4.78 is 106. The number of carbonyl (C=O) groups excluding carboxylic acids is 1. The number of hydrogen-bond acceptors (Lipinski definition) is 16. The maximum absolute atomic E-state index is 12.8. The van der Waals surface area contributed by atoms with Crippen molar-refractivity contribution in [2.45, 2.75) is 33.4 Å². The molecule has 0 aliphatic carbocycles. The van der Waals surface area contributed by atoms with Crippen LogP contribution in [0.15, 0.2) is 122 Å². The predicted molar refractivity (Wildman–Crippen MR) is 242 cm³/mol. The molecule has 63 heavy (non-hydrogen) atoms. The summed E-state index contributed by atoms with van der Waals surface area (Å²) in [6, 6.07) is 23.6. The van der Waals surface area contributed by atoms with Gasteiger partial charge in [0.1, 0.15) is 26.0 Å². The molecule has 20 nitrogen and oxygen atoms in total. The van der Waals surface area contributed by atoms with E-state index in [-0.39, 0.29) is 45.3 Å². The zero-order valence-electron chi connectivity index (χ0n) is 32.7. The van der Waals surface area contributed by atoms with Gasteiger partial charge in [0, 0.05) is 40.9 Å². The van der Waals surface area contributed by atoms with Crippen molar-refractivity contribution in [2.75, 3.05) is 38.9 Å². The number of phenolic OH excluding ortho intramolecular Hbond substituents is 1. The average molecular weight is 1050 g/mol. The molecule has 0 aliphatic heterocycles. The van der Waals surface area contributed by atoms with Crippen molar-refractivity contribution in [2.24, 2.45) is 10.2 Å². The molecule has 0 bridgehead atoms. The molecule has 6 N–H and O–H groups in total. The molecule has 0 spiro atoms. The van der Waals surface area contributed by atoms with E-state index in [1.807, 2.05) is 74.5 Å². The summed E-state index contributed by atoms with van der Waals surface area (Å²) in [5.74, 6) is -1.60. The molecule has 1 aromatic heterocycles. The number of nitrogens with one attached hydrogen (secondary N) is 2. The summed E-state index contributed by atoms with van der Waals surface area (Å²) in [7, 11) is -15.4. The topological polar surface area (TPSA) is 294 Å². The number of azo groups is 1. The molecular formula is C38H35Br2N9O11S3. The molecule has 6 rings (SSSR count). The third kappa shape index (κ3) is 10.8. The standard InChI is InChI=1S/C38H35Br2N9O11S3/c1-3-48(24-11-7-5-8-12-24)37-43-36(44-38(45-37)49(4-2)25-13-9-6-10-14-25)42-29-20-26(61(52,53)54)17-22-18-31(63(58,59)60)33(34(50)32(22)29)47-46-28-19-23(41-35(51)27(40)21-39)15-16-30(28)62(55,56)57/h5-20,27,50H,3-4,21H2,1-2H3,(H,41,51)(H,52,53,54)(H,55,56,57)(H,58,59,60)(H,42,43,44,45). The number of aromatic nitrogens is 3. The van der Waals surface area contributed by atoms with Gasteiger partial charge in [0.15, 0.2) is 5.75 Å². The van der Waals surface area contributed by atoms with Gasteiger partial charge in [0.2, 0.25) is 23.8 Å². The Hall–Kier alpha value is -5.67. The van der Waals surface area contributed by atoms with Crippen LogP contribution in [0.2, 0.25) is 0 Å². The minimum absolute atomic E-state index is 0.0346. The van der Waals surface area contributed by atoms with Gasteiger partial charge in [-0.25, -0.2) is 0 Å². The number of alkyl halides is 2. The van der Waals surface area contributed by atoms with Crippen LogP contribution in [0, 0.1) is 0 Å². The second kappa shape index (κ2) is 19.0. The lowest BCUT2D eigenvalue weighted by atomic mass is 10.1. The van der Waals surface area contributed by atoms with Gasteiger partial charge in [-0.05, 0) is 79.9 Å². The Kier molecular flexibility index (Phi) is 14.1. The number of carbonyl (C=O) groups is 1. The number of anilines is 7. The molecule has 330 valence electrons. The smallest absolute Gasteiger partial charge is 0.296 e. The first-order chi connectivity index (χ1) is 29.7. The fraction of sp³-hybridized carbons (Fsp3) is 0.158. The van der Waals surface area contributed by atoms with E-state index in [9.17, 15) is 48.8 Å². The molecule has 0 radical (unpaired) electrons. The van der Waals surface area contributed by atoms with Crippen LogP contribution in [-0.2, 0) is 35.1 Å². The predicted octanol–water partition coefficient (Wildman–Crippen LogP) is 8.04. The van der Waals surface area contributed by atoms with Crippen molar-refractivity contribution < 1.29 is 48.8 Å².